The van der Waals surface area contributed by atoms with Gasteiger partial charge in [-0.2, -0.15) is 13.2 Å². The Labute approximate surface area is 210 Å². The van der Waals surface area contributed by atoms with Gasteiger partial charge in [0.2, 0.25) is 0 Å². The minimum absolute atomic E-state index is 0.161. The molecule has 198 valence electrons. The zero-order valence-electron chi connectivity index (χ0n) is 20.3. The summed E-state index contributed by atoms with van der Waals surface area (Å²) in [5.74, 6) is 0. The maximum absolute atomic E-state index is 15.9. The van der Waals surface area contributed by atoms with E-state index >= 15 is 4.39 Å². The summed E-state index contributed by atoms with van der Waals surface area (Å²) >= 11 is 0. The summed E-state index contributed by atoms with van der Waals surface area (Å²) in [4.78, 5) is 17.2. The average Bonchev–Trinajstić information content (AvgIpc) is 3.38. The molecule has 8 nitrogen and oxygen atoms in total. The Morgan fingerprint density at radius 2 is 1.97 bits per heavy atom. The van der Waals surface area contributed by atoms with Crippen molar-refractivity contribution in [1.29, 1.82) is 0 Å². The Morgan fingerprint density at radius 3 is 2.57 bits per heavy atom. The second kappa shape index (κ2) is 8.91. The monoisotopic (exact) mass is 520 g/mol. The van der Waals surface area contributed by atoms with Gasteiger partial charge >= 0.3 is 11.9 Å². The molecule has 0 bridgehead atoms. The van der Waals surface area contributed by atoms with Crippen LogP contribution in [-0.4, -0.2) is 71.1 Å². The van der Waals surface area contributed by atoms with Crippen LogP contribution in [0.5, 0.6) is 0 Å². The second-order valence-electron chi connectivity index (χ2n) is 10.2. The quantitative estimate of drug-likeness (QED) is 0.487. The molecule has 2 N–H and O–H groups in total. The van der Waals surface area contributed by atoms with Crippen LogP contribution in [0.15, 0.2) is 47.5 Å². The van der Waals surface area contributed by atoms with Crippen molar-refractivity contribution >= 4 is 5.52 Å². The normalized spacial score (nSPS) is 23.2. The van der Waals surface area contributed by atoms with E-state index in [1.165, 1.54) is 17.0 Å². The van der Waals surface area contributed by atoms with E-state index in [4.69, 9.17) is 4.74 Å². The molecule has 3 fully saturated rings. The molecule has 2 atom stereocenters. The number of hydrazine groups is 1. The molecule has 5 heterocycles. The van der Waals surface area contributed by atoms with E-state index in [-0.39, 0.29) is 18.7 Å². The zero-order chi connectivity index (χ0) is 25.9. The van der Waals surface area contributed by atoms with E-state index in [0.717, 1.165) is 30.0 Å². The van der Waals surface area contributed by atoms with Crippen molar-refractivity contribution in [1.82, 2.24) is 29.6 Å². The summed E-state index contributed by atoms with van der Waals surface area (Å²) in [5.41, 5.74) is 4.67. The van der Waals surface area contributed by atoms with Gasteiger partial charge in [0.25, 0.3) is 0 Å². The number of alkyl halides is 4. The Balaban J connectivity index is 1.42. The highest BCUT2D eigenvalue weighted by Crippen LogP contribution is 2.40. The van der Waals surface area contributed by atoms with Gasteiger partial charge in [0.1, 0.15) is 12.3 Å². The van der Waals surface area contributed by atoms with Gasteiger partial charge in [-0.1, -0.05) is 12.1 Å². The molecule has 0 saturated carbocycles. The van der Waals surface area contributed by atoms with Crippen LogP contribution in [0.3, 0.4) is 0 Å². The average molecular weight is 521 g/mol. The Bertz CT molecular complexity index is 1380. The van der Waals surface area contributed by atoms with E-state index in [9.17, 15) is 18.0 Å². The number of halogens is 4. The fourth-order valence-corrected chi connectivity index (χ4v) is 5.40. The first kappa shape index (κ1) is 24.6. The maximum atomic E-state index is 15.9. The summed E-state index contributed by atoms with van der Waals surface area (Å²) in [5, 5.41) is 0. The van der Waals surface area contributed by atoms with Gasteiger partial charge in [-0.05, 0) is 55.9 Å². The van der Waals surface area contributed by atoms with Crippen LogP contribution in [0.1, 0.15) is 23.1 Å². The smallest absolute Gasteiger partial charge is 0.379 e. The van der Waals surface area contributed by atoms with E-state index < -0.39 is 35.2 Å². The van der Waals surface area contributed by atoms with Gasteiger partial charge in [0.15, 0.2) is 0 Å². The van der Waals surface area contributed by atoms with E-state index in [0.29, 0.717) is 30.0 Å². The summed E-state index contributed by atoms with van der Waals surface area (Å²) in [6, 6.07) is 7.90. The number of aromatic nitrogens is 2. The van der Waals surface area contributed by atoms with Crippen LogP contribution < -0.4 is 16.5 Å². The van der Waals surface area contributed by atoms with E-state index in [2.05, 4.69) is 10.9 Å². The molecule has 3 aliphatic rings. The lowest BCUT2D eigenvalue weighted by Gasteiger charge is -2.46. The fraction of sp³-hybridized carbons (Fsp3) is 0.480. The number of pyridine rings is 1. The minimum Gasteiger partial charge on any atom is -0.379 e. The summed E-state index contributed by atoms with van der Waals surface area (Å²) in [7, 11) is 1.80. The number of likely N-dealkylation sites (tertiary alicyclic amines) is 1. The molecule has 0 amide bonds. The molecule has 0 radical (unpaired) electrons. The van der Waals surface area contributed by atoms with Crippen molar-refractivity contribution in [3.63, 3.8) is 0 Å². The molecule has 3 saturated heterocycles. The van der Waals surface area contributed by atoms with Gasteiger partial charge in [-0.3, -0.25) is 18.8 Å². The molecule has 6 rings (SSSR count). The molecule has 0 aliphatic carbocycles. The van der Waals surface area contributed by atoms with Crippen LogP contribution in [-0.2, 0) is 22.9 Å². The van der Waals surface area contributed by atoms with Crippen LogP contribution in [0.2, 0.25) is 0 Å². The molecule has 2 aromatic heterocycles. The van der Waals surface area contributed by atoms with E-state index in [1.807, 2.05) is 9.80 Å². The maximum Gasteiger partial charge on any atom is 0.418 e. The molecule has 1 aromatic carbocycles. The topological polar surface area (TPSA) is 66.2 Å². The first-order valence-corrected chi connectivity index (χ1v) is 12.2. The standard InChI is InChI=1S/C25H28F4N6O2/c1-32-15-30-31-22(32)21(26)24(13-37-14-24)17-4-2-5-18(9-17)34-12-20-19(25(27,28)29)8-16(10-33-6-3-7-33)11-35(20)23(34)36/h2,4-5,8-9,11-12,21-22,30-31H,3,6-7,10,13-15H2,1H3/t21-,22?/m1/s1. The van der Waals surface area contributed by atoms with Crippen molar-refractivity contribution < 1.29 is 22.3 Å². The van der Waals surface area contributed by atoms with Crippen LogP contribution in [0, 0.1) is 0 Å². The fourth-order valence-electron chi connectivity index (χ4n) is 5.40. The summed E-state index contributed by atoms with van der Waals surface area (Å²) in [6.45, 7) is 2.81. The Morgan fingerprint density at radius 1 is 1.19 bits per heavy atom. The SMILES string of the molecule is CN1CNNC1[C@@H](F)C1(c2cccc(-n3cc4c(C(F)(F)F)cc(CN5CCC5)cn4c3=O)c2)COC1. The van der Waals surface area contributed by atoms with Gasteiger partial charge in [0, 0.05) is 18.9 Å². The number of nitrogens with zero attached hydrogens (tertiary/aromatic N) is 4. The highest BCUT2D eigenvalue weighted by molar-refractivity contribution is 5.58. The van der Waals surface area contributed by atoms with Crippen molar-refractivity contribution in [2.75, 3.05) is 40.0 Å². The number of nitrogens with one attached hydrogen (secondary N) is 2. The third-order valence-corrected chi connectivity index (χ3v) is 7.76. The Kier molecular flexibility index (Phi) is 5.92. The van der Waals surface area contributed by atoms with Crippen molar-refractivity contribution in [2.45, 2.75) is 36.9 Å². The number of fused-ring (bicyclic) bond motifs is 1. The van der Waals surface area contributed by atoms with Crippen molar-refractivity contribution in [3.05, 3.63) is 69.9 Å². The lowest BCUT2D eigenvalue weighted by Crippen LogP contribution is -2.61. The van der Waals surface area contributed by atoms with Gasteiger partial charge in [-0.25, -0.2) is 20.0 Å². The molecule has 3 aliphatic heterocycles. The molecule has 0 spiro atoms. The number of hydrogen-bond donors (Lipinski definition) is 2. The number of rotatable bonds is 6. The molecule has 1 unspecified atom stereocenters. The first-order valence-electron chi connectivity index (χ1n) is 12.2. The van der Waals surface area contributed by atoms with E-state index in [1.54, 1.807) is 31.3 Å². The summed E-state index contributed by atoms with van der Waals surface area (Å²) in [6.07, 6.45) is -2.82. The van der Waals surface area contributed by atoms with Crippen LogP contribution in [0.4, 0.5) is 17.6 Å². The first-order chi connectivity index (χ1) is 17.7. The van der Waals surface area contributed by atoms with Crippen molar-refractivity contribution in [3.8, 4) is 5.69 Å². The predicted octanol–water partition coefficient (Wildman–Crippen LogP) is 2.24. The summed E-state index contributed by atoms with van der Waals surface area (Å²) < 4.78 is 65.6. The van der Waals surface area contributed by atoms with Crippen LogP contribution in [0.25, 0.3) is 11.2 Å². The number of imidazole rings is 1. The lowest BCUT2D eigenvalue weighted by molar-refractivity contribution is -0.136. The van der Waals surface area contributed by atoms with Crippen LogP contribution >= 0.6 is 0 Å². The molecular formula is C25H28F4N6O2. The minimum atomic E-state index is -4.63. The number of ether oxygens (including phenoxy) is 1. The molecule has 3 aromatic rings. The third kappa shape index (κ3) is 4.07. The Hall–Kier alpha value is -2.77. The number of benzene rings is 1. The third-order valence-electron chi connectivity index (χ3n) is 7.76. The van der Waals surface area contributed by atoms with Gasteiger partial charge in [0.05, 0.1) is 42.1 Å². The lowest BCUT2D eigenvalue weighted by atomic mass is 9.73. The van der Waals surface area contributed by atoms with Crippen molar-refractivity contribution in [2.24, 2.45) is 0 Å². The highest BCUT2D eigenvalue weighted by Gasteiger charge is 2.52. The predicted molar refractivity (Wildman–Crippen MR) is 128 cm³/mol. The second-order valence-corrected chi connectivity index (χ2v) is 10.2. The molecule has 37 heavy (non-hydrogen) atoms. The highest BCUT2D eigenvalue weighted by atomic mass is 19.4. The zero-order valence-corrected chi connectivity index (χ0v) is 20.3. The largest absolute Gasteiger partial charge is 0.418 e. The number of hydrogen-bond acceptors (Lipinski definition) is 6. The molecular weight excluding hydrogens is 492 g/mol. The molecule has 12 heteroatoms. The van der Waals surface area contributed by atoms with Gasteiger partial charge < -0.3 is 4.74 Å². The van der Waals surface area contributed by atoms with Gasteiger partial charge in [-0.15, -0.1) is 0 Å².